The first-order valence-electron chi connectivity index (χ1n) is 8.67. The van der Waals surface area contributed by atoms with Crippen LogP contribution in [-0.2, 0) is 9.59 Å². The molecule has 1 amide bonds. The van der Waals surface area contributed by atoms with E-state index >= 15 is 0 Å². The molecular formula is C19H28N2O3. The minimum atomic E-state index is -0.770. The predicted molar refractivity (Wildman–Crippen MR) is 94.1 cm³/mol. The minimum absolute atomic E-state index is 0.0191. The van der Waals surface area contributed by atoms with E-state index in [-0.39, 0.29) is 24.3 Å². The van der Waals surface area contributed by atoms with Crippen LogP contribution in [0.3, 0.4) is 0 Å². The first-order valence-corrected chi connectivity index (χ1v) is 8.67. The maximum absolute atomic E-state index is 12.6. The van der Waals surface area contributed by atoms with Crippen molar-refractivity contribution in [2.75, 3.05) is 26.2 Å². The molecule has 0 aromatic heterocycles. The Kier molecular flexibility index (Phi) is 6.37. The van der Waals surface area contributed by atoms with Crippen molar-refractivity contribution in [3.63, 3.8) is 0 Å². The molecule has 0 radical (unpaired) electrons. The van der Waals surface area contributed by atoms with Gasteiger partial charge in [0.1, 0.15) is 0 Å². The Morgan fingerprint density at radius 2 is 1.71 bits per heavy atom. The summed E-state index contributed by atoms with van der Waals surface area (Å²) in [4.78, 5) is 27.4. The summed E-state index contributed by atoms with van der Waals surface area (Å²) in [6.45, 7) is 8.99. The zero-order valence-corrected chi connectivity index (χ0v) is 14.9. The van der Waals surface area contributed by atoms with E-state index < -0.39 is 5.97 Å². The quantitative estimate of drug-likeness (QED) is 0.869. The summed E-state index contributed by atoms with van der Waals surface area (Å²) < 4.78 is 0. The largest absolute Gasteiger partial charge is 0.481 e. The van der Waals surface area contributed by atoms with E-state index in [1.807, 2.05) is 24.0 Å². The second-order valence-corrected chi connectivity index (χ2v) is 6.83. The zero-order valence-electron chi connectivity index (χ0n) is 14.9. The zero-order chi connectivity index (χ0) is 17.7. The van der Waals surface area contributed by atoms with Crippen LogP contribution in [0.1, 0.15) is 43.7 Å². The lowest BCUT2D eigenvalue weighted by Crippen LogP contribution is -2.51. The summed E-state index contributed by atoms with van der Waals surface area (Å²) in [6, 6.07) is 8.24. The fraction of sp³-hybridized carbons (Fsp3) is 0.579. The van der Waals surface area contributed by atoms with Crippen molar-refractivity contribution in [3.05, 3.63) is 35.4 Å². The second kappa shape index (κ2) is 8.29. The molecule has 0 aliphatic carbocycles. The van der Waals surface area contributed by atoms with Gasteiger partial charge < -0.3 is 10.0 Å². The SMILES string of the molecule is Cc1ccccc1C(C)CC(=O)N1CCN(C(C)CC(=O)O)CC1. The van der Waals surface area contributed by atoms with Gasteiger partial charge in [0.05, 0.1) is 6.42 Å². The van der Waals surface area contributed by atoms with Gasteiger partial charge >= 0.3 is 5.97 Å². The summed E-state index contributed by atoms with van der Waals surface area (Å²) in [5.74, 6) is -0.369. The smallest absolute Gasteiger partial charge is 0.304 e. The number of hydrogen-bond acceptors (Lipinski definition) is 3. The summed E-state index contributed by atoms with van der Waals surface area (Å²) in [7, 11) is 0. The highest BCUT2D eigenvalue weighted by molar-refractivity contribution is 5.77. The van der Waals surface area contributed by atoms with E-state index in [0.717, 1.165) is 13.1 Å². The van der Waals surface area contributed by atoms with E-state index in [0.29, 0.717) is 19.5 Å². The standard InChI is InChI=1S/C19H28N2O3/c1-14-6-4-5-7-17(14)15(2)12-18(22)21-10-8-20(9-11-21)16(3)13-19(23)24/h4-7,15-16H,8-13H2,1-3H3,(H,23,24). The summed E-state index contributed by atoms with van der Waals surface area (Å²) in [5, 5.41) is 8.89. The van der Waals surface area contributed by atoms with Crippen LogP contribution in [0.4, 0.5) is 0 Å². The second-order valence-electron chi connectivity index (χ2n) is 6.83. The molecule has 1 aromatic carbocycles. The Morgan fingerprint density at radius 1 is 1.08 bits per heavy atom. The molecular weight excluding hydrogens is 304 g/mol. The summed E-state index contributed by atoms with van der Waals surface area (Å²) in [6.07, 6.45) is 0.674. The fourth-order valence-corrected chi connectivity index (χ4v) is 3.43. The van der Waals surface area contributed by atoms with E-state index in [4.69, 9.17) is 5.11 Å². The number of amides is 1. The van der Waals surface area contributed by atoms with Gasteiger partial charge in [-0.2, -0.15) is 0 Å². The third-order valence-electron chi connectivity index (χ3n) is 4.96. The molecule has 1 fully saturated rings. The highest BCUT2D eigenvalue weighted by Crippen LogP contribution is 2.23. The lowest BCUT2D eigenvalue weighted by Gasteiger charge is -2.38. The number of nitrogens with zero attached hydrogens (tertiary/aromatic N) is 2. The van der Waals surface area contributed by atoms with Gasteiger partial charge in [0, 0.05) is 38.6 Å². The van der Waals surface area contributed by atoms with E-state index in [1.54, 1.807) is 0 Å². The number of piperazine rings is 1. The van der Waals surface area contributed by atoms with Crippen LogP contribution in [0.2, 0.25) is 0 Å². The Balaban J connectivity index is 1.85. The number of benzene rings is 1. The lowest BCUT2D eigenvalue weighted by molar-refractivity contribution is -0.139. The van der Waals surface area contributed by atoms with Gasteiger partial charge in [-0.05, 0) is 30.9 Å². The highest BCUT2D eigenvalue weighted by atomic mass is 16.4. The molecule has 24 heavy (non-hydrogen) atoms. The molecule has 1 heterocycles. The Hall–Kier alpha value is -1.88. The maximum Gasteiger partial charge on any atom is 0.304 e. The molecule has 2 rings (SSSR count). The van der Waals surface area contributed by atoms with E-state index in [9.17, 15) is 9.59 Å². The van der Waals surface area contributed by atoms with Gasteiger partial charge in [0.25, 0.3) is 0 Å². The molecule has 0 bridgehead atoms. The van der Waals surface area contributed by atoms with Crippen LogP contribution < -0.4 is 0 Å². The average molecular weight is 332 g/mol. The Morgan fingerprint density at radius 3 is 2.29 bits per heavy atom. The minimum Gasteiger partial charge on any atom is -0.481 e. The molecule has 2 atom stereocenters. The third kappa shape index (κ3) is 4.81. The predicted octanol–water partition coefficient (Wildman–Crippen LogP) is 2.50. The van der Waals surface area contributed by atoms with Crippen molar-refractivity contribution in [1.29, 1.82) is 0 Å². The number of carboxylic acid groups (broad SMARTS) is 1. The van der Waals surface area contributed by atoms with Gasteiger partial charge in [-0.25, -0.2) is 0 Å². The van der Waals surface area contributed by atoms with E-state index in [1.165, 1.54) is 11.1 Å². The van der Waals surface area contributed by atoms with Gasteiger partial charge in [-0.3, -0.25) is 14.5 Å². The third-order valence-corrected chi connectivity index (χ3v) is 4.96. The van der Waals surface area contributed by atoms with Crippen LogP contribution in [0.15, 0.2) is 24.3 Å². The summed E-state index contributed by atoms with van der Waals surface area (Å²) in [5.41, 5.74) is 2.46. The van der Waals surface area contributed by atoms with Crippen molar-refractivity contribution in [2.45, 2.75) is 45.6 Å². The Labute approximate surface area is 144 Å². The topological polar surface area (TPSA) is 60.9 Å². The van der Waals surface area contributed by atoms with Crippen molar-refractivity contribution < 1.29 is 14.7 Å². The normalized spacial score (nSPS) is 18.2. The number of carbonyl (C=O) groups is 2. The number of rotatable bonds is 6. The average Bonchev–Trinajstić information content (AvgIpc) is 2.54. The van der Waals surface area contributed by atoms with Crippen LogP contribution in [0.25, 0.3) is 0 Å². The van der Waals surface area contributed by atoms with Gasteiger partial charge in [0.15, 0.2) is 0 Å². The fourth-order valence-electron chi connectivity index (χ4n) is 3.43. The molecule has 5 nitrogen and oxygen atoms in total. The van der Waals surface area contributed by atoms with Gasteiger partial charge in [-0.15, -0.1) is 0 Å². The van der Waals surface area contributed by atoms with Crippen molar-refractivity contribution in [2.24, 2.45) is 0 Å². The highest BCUT2D eigenvalue weighted by Gasteiger charge is 2.26. The molecule has 1 aliphatic heterocycles. The molecule has 0 saturated carbocycles. The van der Waals surface area contributed by atoms with Crippen LogP contribution in [0.5, 0.6) is 0 Å². The molecule has 2 unspecified atom stereocenters. The monoisotopic (exact) mass is 332 g/mol. The molecule has 5 heteroatoms. The molecule has 0 spiro atoms. The molecule has 132 valence electrons. The number of aryl methyl sites for hydroxylation is 1. The molecule has 1 saturated heterocycles. The van der Waals surface area contributed by atoms with Crippen molar-refractivity contribution >= 4 is 11.9 Å². The lowest BCUT2D eigenvalue weighted by atomic mass is 9.93. The molecule has 1 aliphatic rings. The number of carboxylic acids is 1. The number of hydrogen-bond donors (Lipinski definition) is 1. The van der Waals surface area contributed by atoms with Gasteiger partial charge in [-0.1, -0.05) is 31.2 Å². The maximum atomic E-state index is 12.6. The van der Waals surface area contributed by atoms with Gasteiger partial charge in [0.2, 0.25) is 5.91 Å². The summed E-state index contributed by atoms with van der Waals surface area (Å²) >= 11 is 0. The van der Waals surface area contributed by atoms with Crippen molar-refractivity contribution in [1.82, 2.24) is 9.80 Å². The van der Waals surface area contributed by atoms with Crippen LogP contribution in [-0.4, -0.2) is 59.0 Å². The number of carbonyl (C=O) groups excluding carboxylic acids is 1. The Bertz CT molecular complexity index is 580. The van der Waals surface area contributed by atoms with Crippen molar-refractivity contribution in [3.8, 4) is 0 Å². The molecule has 1 aromatic rings. The molecule has 1 N–H and O–H groups in total. The van der Waals surface area contributed by atoms with Crippen LogP contribution >= 0.6 is 0 Å². The van der Waals surface area contributed by atoms with E-state index in [2.05, 4.69) is 30.9 Å². The first-order chi connectivity index (χ1) is 11.4. The van der Waals surface area contributed by atoms with Crippen LogP contribution in [0, 0.1) is 6.92 Å². The first kappa shape index (κ1) is 18.5. The number of aliphatic carboxylic acids is 1.